The van der Waals surface area contributed by atoms with Crippen molar-refractivity contribution in [3.05, 3.63) is 28.8 Å². The molecule has 2 aliphatic heterocycles. The first-order valence-corrected chi connectivity index (χ1v) is 11.4. The maximum Gasteiger partial charge on any atom is 0.191 e. The largest absolute Gasteiger partial charge is 0.379 e. The fourth-order valence-electron chi connectivity index (χ4n) is 3.83. The van der Waals surface area contributed by atoms with E-state index in [4.69, 9.17) is 21.1 Å². The second-order valence-corrected chi connectivity index (χ2v) is 8.35. The van der Waals surface area contributed by atoms with Crippen LogP contribution in [0.5, 0.6) is 0 Å². The van der Waals surface area contributed by atoms with E-state index in [0.717, 1.165) is 81.7 Å². The van der Waals surface area contributed by atoms with Crippen LogP contribution in [0.25, 0.3) is 0 Å². The van der Waals surface area contributed by atoms with Gasteiger partial charge in [0.1, 0.15) is 0 Å². The summed E-state index contributed by atoms with van der Waals surface area (Å²) in [5.41, 5.74) is 2.33. The smallest absolute Gasteiger partial charge is 0.191 e. The second-order valence-electron chi connectivity index (χ2n) is 7.94. The standard InChI is InChI=1S/C22H36ClN5O2.HI/c1-24-22(25-9-5-14-29-17-18-6-4-15-30-18)26-16-19-20(23)7-3-8-21(19)28-12-10-27(2)11-13-28;/h3,7-8,18H,4-6,9-17H2,1-2H3,(H2,24,25,26);1H. The number of piperazine rings is 1. The fraction of sp³-hybridized carbons (Fsp3) is 0.682. The number of ether oxygens (including phenoxy) is 2. The molecule has 3 rings (SSSR count). The zero-order valence-electron chi connectivity index (χ0n) is 18.7. The lowest BCUT2D eigenvalue weighted by Gasteiger charge is -2.35. The molecule has 0 radical (unpaired) electrons. The lowest BCUT2D eigenvalue weighted by molar-refractivity contribution is 0.0168. The van der Waals surface area contributed by atoms with Crippen LogP contribution in [0.4, 0.5) is 5.69 Å². The molecule has 2 aliphatic rings. The van der Waals surface area contributed by atoms with Gasteiger partial charge in [-0.25, -0.2) is 0 Å². The van der Waals surface area contributed by atoms with Gasteiger partial charge < -0.3 is 29.9 Å². The highest BCUT2D eigenvalue weighted by atomic mass is 127. The van der Waals surface area contributed by atoms with Crippen LogP contribution < -0.4 is 15.5 Å². The molecule has 0 spiro atoms. The number of halogens is 2. The van der Waals surface area contributed by atoms with Gasteiger partial charge in [-0.05, 0) is 38.4 Å². The van der Waals surface area contributed by atoms with Crippen molar-refractivity contribution in [2.75, 3.05) is 71.5 Å². The Labute approximate surface area is 208 Å². The summed E-state index contributed by atoms with van der Waals surface area (Å²) >= 11 is 6.56. The molecule has 176 valence electrons. The van der Waals surface area contributed by atoms with E-state index in [1.54, 1.807) is 7.05 Å². The molecule has 2 heterocycles. The van der Waals surface area contributed by atoms with Crippen molar-refractivity contribution in [3.63, 3.8) is 0 Å². The molecule has 2 saturated heterocycles. The fourth-order valence-corrected chi connectivity index (χ4v) is 4.07. The van der Waals surface area contributed by atoms with Gasteiger partial charge in [0.05, 0.1) is 12.7 Å². The predicted octanol–water partition coefficient (Wildman–Crippen LogP) is 2.96. The number of guanidine groups is 1. The van der Waals surface area contributed by atoms with Gasteiger partial charge in [0.25, 0.3) is 0 Å². The SMILES string of the molecule is CN=C(NCCCOCC1CCCO1)NCc1c(Cl)cccc1N1CCN(C)CC1.I. The number of rotatable bonds is 9. The van der Waals surface area contributed by atoms with E-state index in [1.807, 2.05) is 12.1 Å². The van der Waals surface area contributed by atoms with Gasteiger partial charge in [-0.3, -0.25) is 4.99 Å². The Morgan fingerprint density at radius 1 is 1.26 bits per heavy atom. The molecular formula is C22H37ClIN5O2. The van der Waals surface area contributed by atoms with Crippen LogP contribution in [-0.2, 0) is 16.0 Å². The van der Waals surface area contributed by atoms with Crippen molar-refractivity contribution in [1.29, 1.82) is 0 Å². The van der Waals surface area contributed by atoms with Gasteiger partial charge in [0.15, 0.2) is 5.96 Å². The van der Waals surface area contributed by atoms with Crippen LogP contribution in [0.3, 0.4) is 0 Å². The van der Waals surface area contributed by atoms with E-state index in [2.05, 4.69) is 38.5 Å². The minimum atomic E-state index is 0. The van der Waals surface area contributed by atoms with E-state index in [1.165, 1.54) is 5.69 Å². The van der Waals surface area contributed by atoms with Gasteiger partial charge in [-0.2, -0.15) is 0 Å². The molecule has 0 bridgehead atoms. The summed E-state index contributed by atoms with van der Waals surface area (Å²) in [5, 5.41) is 7.55. The average molecular weight is 566 g/mol. The van der Waals surface area contributed by atoms with E-state index in [-0.39, 0.29) is 30.1 Å². The van der Waals surface area contributed by atoms with Crippen LogP contribution in [0, 0.1) is 0 Å². The predicted molar refractivity (Wildman–Crippen MR) is 139 cm³/mol. The van der Waals surface area contributed by atoms with Gasteiger partial charge in [-0.1, -0.05) is 17.7 Å². The Morgan fingerprint density at radius 2 is 2.06 bits per heavy atom. The molecule has 9 heteroatoms. The summed E-state index contributed by atoms with van der Waals surface area (Å²) in [4.78, 5) is 9.11. The van der Waals surface area contributed by atoms with E-state index < -0.39 is 0 Å². The van der Waals surface area contributed by atoms with Gasteiger partial charge >= 0.3 is 0 Å². The number of hydrogen-bond donors (Lipinski definition) is 2. The van der Waals surface area contributed by atoms with E-state index in [9.17, 15) is 0 Å². The number of nitrogens with one attached hydrogen (secondary N) is 2. The number of hydrogen-bond acceptors (Lipinski definition) is 5. The van der Waals surface area contributed by atoms with Gasteiger partial charge in [0, 0.05) is 75.8 Å². The van der Waals surface area contributed by atoms with Crippen LogP contribution in [0.1, 0.15) is 24.8 Å². The molecular weight excluding hydrogens is 529 g/mol. The van der Waals surface area contributed by atoms with Crippen LogP contribution >= 0.6 is 35.6 Å². The minimum Gasteiger partial charge on any atom is -0.379 e. The van der Waals surface area contributed by atoms with Crippen molar-refractivity contribution in [1.82, 2.24) is 15.5 Å². The van der Waals surface area contributed by atoms with Gasteiger partial charge in [0.2, 0.25) is 0 Å². The number of benzene rings is 1. The molecule has 2 N–H and O–H groups in total. The molecule has 31 heavy (non-hydrogen) atoms. The number of anilines is 1. The van der Waals surface area contributed by atoms with Crippen molar-refractivity contribution in [3.8, 4) is 0 Å². The topological polar surface area (TPSA) is 61.4 Å². The quantitative estimate of drug-likeness (QED) is 0.208. The maximum absolute atomic E-state index is 6.56. The highest BCUT2D eigenvalue weighted by Gasteiger charge is 2.18. The monoisotopic (exact) mass is 565 g/mol. The molecule has 2 fully saturated rings. The first-order valence-electron chi connectivity index (χ1n) is 11.0. The molecule has 1 atom stereocenters. The zero-order chi connectivity index (χ0) is 21.2. The van der Waals surface area contributed by atoms with Crippen LogP contribution in [0.15, 0.2) is 23.2 Å². The Bertz CT molecular complexity index is 680. The average Bonchev–Trinajstić information content (AvgIpc) is 3.27. The summed E-state index contributed by atoms with van der Waals surface area (Å²) < 4.78 is 11.3. The lowest BCUT2D eigenvalue weighted by Crippen LogP contribution is -2.45. The normalized spacial score (nSPS) is 19.9. The molecule has 0 aliphatic carbocycles. The Morgan fingerprint density at radius 3 is 2.77 bits per heavy atom. The molecule has 0 amide bonds. The lowest BCUT2D eigenvalue weighted by atomic mass is 10.1. The number of nitrogens with zero attached hydrogens (tertiary/aromatic N) is 3. The molecule has 1 unspecified atom stereocenters. The summed E-state index contributed by atoms with van der Waals surface area (Å²) in [6.45, 7) is 7.91. The first-order chi connectivity index (χ1) is 14.7. The number of aliphatic imine (C=N–C) groups is 1. The molecule has 1 aromatic carbocycles. The Hall–Kier alpha value is -0.810. The Balaban J connectivity index is 0.00000341. The van der Waals surface area contributed by atoms with Crippen molar-refractivity contribution in [2.45, 2.75) is 31.9 Å². The van der Waals surface area contributed by atoms with Crippen molar-refractivity contribution >= 4 is 47.2 Å². The van der Waals surface area contributed by atoms with Crippen LogP contribution in [0.2, 0.25) is 5.02 Å². The molecule has 0 aromatic heterocycles. The maximum atomic E-state index is 6.56. The summed E-state index contributed by atoms with van der Waals surface area (Å²) in [6, 6.07) is 6.15. The Kier molecular flexibility index (Phi) is 12.2. The molecule has 0 saturated carbocycles. The second kappa shape index (κ2) is 14.4. The third-order valence-electron chi connectivity index (χ3n) is 5.68. The zero-order valence-corrected chi connectivity index (χ0v) is 21.8. The summed E-state index contributed by atoms with van der Waals surface area (Å²) in [5.74, 6) is 0.776. The van der Waals surface area contributed by atoms with Crippen molar-refractivity contribution in [2.24, 2.45) is 4.99 Å². The molecule has 1 aromatic rings. The summed E-state index contributed by atoms with van der Waals surface area (Å²) in [6.07, 6.45) is 3.48. The summed E-state index contributed by atoms with van der Waals surface area (Å²) in [7, 11) is 3.96. The highest BCUT2D eigenvalue weighted by Crippen LogP contribution is 2.28. The minimum absolute atomic E-state index is 0. The molecule has 7 nitrogen and oxygen atoms in total. The number of likely N-dealkylation sites (N-methyl/N-ethyl adjacent to an activating group) is 1. The first kappa shape index (κ1) is 26.4. The van der Waals surface area contributed by atoms with Gasteiger partial charge in [-0.15, -0.1) is 24.0 Å². The third kappa shape index (κ3) is 8.57. The van der Waals surface area contributed by atoms with Crippen LogP contribution in [-0.4, -0.2) is 83.6 Å². The van der Waals surface area contributed by atoms with E-state index >= 15 is 0 Å². The van der Waals surface area contributed by atoms with E-state index in [0.29, 0.717) is 13.2 Å². The van der Waals surface area contributed by atoms with Crippen molar-refractivity contribution < 1.29 is 9.47 Å². The third-order valence-corrected chi connectivity index (χ3v) is 6.03. The highest BCUT2D eigenvalue weighted by molar-refractivity contribution is 14.0.